The quantitative estimate of drug-likeness (QED) is 0.343. The molecule has 3 aromatic rings. The van der Waals surface area contributed by atoms with Gasteiger partial charge in [0, 0.05) is 11.0 Å². The summed E-state index contributed by atoms with van der Waals surface area (Å²) in [4.78, 5) is 9.15. The van der Waals surface area contributed by atoms with Gasteiger partial charge in [0.05, 0.1) is 5.69 Å². The van der Waals surface area contributed by atoms with E-state index in [1.165, 1.54) is 24.3 Å². The average Bonchev–Trinajstić information content (AvgIpc) is 3.49. The summed E-state index contributed by atoms with van der Waals surface area (Å²) >= 11 is 0. The molecule has 156 valence electrons. The molecule has 8 bridgehead atoms. The van der Waals surface area contributed by atoms with Gasteiger partial charge in [-0.05, 0) is 36.4 Å². The predicted octanol–water partition coefficient (Wildman–Crippen LogP) is 6.01. The van der Waals surface area contributed by atoms with E-state index in [0.717, 1.165) is 12.1 Å². The predicted molar refractivity (Wildman–Crippen MR) is 98.9 cm³/mol. The lowest BCUT2D eigenvalue weighted by molar-refractivity contribution is 0.393. The Bertz CT molecular complexity index is 1510. The summed E-state index contributed by atoms with van der Waals surface area (Å²) in [7, 11) is 0. The molecule has 0 saturated carbocycles. The standard InChI is InChI=1S/C20H7F7N4/c21-12-10-4-3-8(29-10)5-7-1-2-9(28-7)6-11-13(22)16(25)20(31(11)27)17(26)19-15(24)14(23)18(12)30-19/h1-6,28H. The normalized spacial score (nSPS) is 13.4. The Labute approximate surface area is 167 Å². The van der Waals surface area contributed by atoms with Crippen molar-refractivity contribution in [1.82, 2.24) is 19.7 Å². The minimum atomic E-state index is -2.06. The number of nitrogens with zero attached hydrogens (tertiary/aromatic N) is 3. The van der Waals surface area contributed by atoms with Crippen LogP contribution in [-0.2, 0) is 0 Å². The molecule has 0 unspecified atom stereocenters. The van der Waals surface area contributed by atoms with Crippen molar-refractivity contribution >= 4 is 45.9 Å². The van der Waals surface area contributed by atoms with Crippen LogP contribution in [0.2, 0.25) is 0 Å². The van der Waals surface area contributed by atoms with E-state index in [0.29, 0.717) is 5.52 Å². The van der Waals surface area contributed by atoms with Crippen LogP contribution >= 0.6 is 0 Å². The molecule has 0 amide bonds. The number of rotatable bonds is 0. The number of aromatic nitrogens is 4. The highest BCUT2D eigenvalue weighted by molar-refractivity contribution is 5.87. The topological polar surface area (TPSA) is 46.5 Å². The minimum Gasteiger partial charge on any atom is -0.355 e. The maximum atomic E-state index is 14.8. The molecule has 0 atom stereocenters. The summed E-state index contributed by atoms with van der Waals surface area (Å²) in [5.74, 6) is -11.1. The van der Waals surface area contributed by atoms with E-state index in [1.807, 2.05) is 0 Å². The summed E-state index contributed by atoms with van der Waals surface area (Å²) in [5, 5.41) is 0. The third-order valence-electron chi connectivity index (χ3n) is 4.70. The molecule has 0 saturated heterocycles. The van der Waals surface area contributed by atoms with E-state index >= 15 is 0 Å². The van der Waals surface area contributed by atoms with Crippen molar-refractivity contribution in [3.05, 3.63) is 70.3 Å². The van der Waals surface area contributed by atoms with Crippen molar-refractivity contribution in [3.63, 3.8) is 0 Å². The van der Waals surface area contributed by atoms with Gasteiger partial charge in [0.25, 0.3) is 0 Å². The second kappa shape index (κ2) is 6.56. The van der Waals surface area contributed by atoms with Gasteiger partial charge in [-0.3, -0.25) is 0 Å². The van der Waals surface area contributed by atoms with Gasteiger partial charge in [-0.2, -0.15) is 4.79 Å². The van der Waals surface area contributed by atoms with Crippen LogP contribution in [0.15, 0.2) is 24.3 Å². The van der Waals surface area contributed by atoms with E-state index in [9.17, 15) is 30.8 Å². The van der Waals surface area contributed by atoms with Crippen LogP contribution < -0.4 is 0 Å². The molecule has 3 aromatic heterocycles. The largest absolute Gasteiger partial charge is 0.355 e. The van der Waals surface area contributed by atoms with Gasteiger partial charge in [0.15, 0.2) is 40.4 Å². The molecule has 1 N–H and O–H groups in total. The molecular formula is C20H7F7N4. The zero-order chi connectivity index (χ0) is 22.0. The zero-order valence-corrected chi connectivity index (χ0v) is 15.0. The molecule has 5 heterocycles. The molecule has 0 fully saturated rings. The van der Waals surface area contributed by atoms with E-state index < -0.39 is 67.8 Å². The minimum absolute atomic E-state index is 0.107. The molecule has 0 aliphatic carbocycles. The van der Waals surface area contributed by atoms with E-state index in [-0.39, 0.29) is 11.2 Å². The molecule has 2 aliphatic rings. The Balaban J connectivity index is 2.04. The van der Waals surface area contributed by atoms with Gasteiger partial charge >= 0.3 is 0 Å². The summed E-state index contributed by atoms with van der Waals surface area (Å²) in [6, 6.07) is 5.16. The number of fused-ring (bicyclic) bond motifs is 8. The zero-order valence-electron chi connectivity index (χ0n) is 15.0. The Morgan fingerprint density at radius 1 is 0.710 bits per heavy atom. The Kier molecular flexibility index (Phi) is 4.04. The smallest absolute Gasteiger partial charge is 0.190 e. The van der Waals surface area contributed by atoms with Gasteiger partial charge in [-0.1, -0.05) is 4.48 Å². The highest BCUT2D eigenvalue weighted by Crippen LogP contribution is 2.36. The van der Waals surface area contributed by atoms with Crippen LogP contribution in [0.25, 0.3) is 45.9 Å². The van der Waals surface area contributed by atoms with Crippen molar-refractivity contribution in [2.24, 2.45) is 0 Å². The van der Waals surface area contributed by atoms with E-state index in [2.05, 4.69) is 15.0 Å². The lowest BCUT2D eigenvalue weighted by atomic mass is 10.2. The second-order valence-corrected chi connectivity index (χ2v) is 6.62. The van der Waals surface area contributed by atoms with Crippen LogP contribution in [0.3, 0.4) is 0 Å². The lowest BCUT2D eigenvalue weighted by Gasteiger charge is -1.94. The highest BCUT2D eigenvalue weighted by atomic mass is 19.2. The summed E-state index contributed by atoms with van der Waals surface area (Å²) in [5.41, 5.74) is -5.17. The van der Waals surface area contributed by atoms with Crippen molar-refractivity contribution in [2.45, 2.75) is 0 Å². The fraction of sp³-hybridized carbons (Fsp3) is 0. The Hall–Kier alpha value is -3.89. The van der Waals surface area contributed by atoms with Crippen LogP contribution in [0, 0.1) is 23.3 Å². The first-order valence-electron chi connectivity index (χ1n) is 8.62. The van der Waals surface area contributed by atoms with Crippen LogP contribution in [0.5, 0.6) is 0 Å². The molecular weight excluding hydrogens is 429 g/mol. The molecule has 5 rings (SSSR count). The lowest BCUT2D eigenvalue weighted by Crippen LogP contribution is -1.92. The third-order valence-corrected chi connectivity index (χ3v) is 4.70. The highest BCUT2D eigenvalue weighted by Gasteiger charge is 2.31. The second-order valence-electron chi connectivity index (χ2n) is 6.62. The van der Waals surface area contributed by atoms with E-state index in [1.54, 1.807) is 0 Å². The number of hydrogen-bond donors (Lipinski definition) is 1. The number of aromatic amines is 1. The maximum absolute atomic E-state index is 14.8. The van der Waals surface area contributed by atoms with Gasteiger partial charge in [-0.25, -0.2) is 36.3 Å². The summed E-state index contributed by atoms with van der Waals surface area (Å²) in [6.45, 7) is 0. The number of nitrogens with one attached hydrogen (secondary N) is 1. The number of halogens is 7. The van der Waals surface area contributed by atoms with Crippen molar-refractivity contribution in [1.29, 1.82) is 0 Å². The van der Waals surface area contributed by atoms with E-state index in [4.69, 9.17) is 0 Å². The number of hydrogen-bond acceptors (Lipinski definition) is 2. The van der Waals surface area contributed by atoms with Gasteiger partial charge in [0.2, 0.25) is 0 Å². The Morgan fingerprint density at radius 2 is 1.35 bits per heavy atom. The molecule has 0 radical (unpaired) electrons. The van der Waals surface area contributed by atoms with Crippen molar-refractivity contribution in [2.75, 3.05) is 0 Å². The molecule has 0 spiro atoms. The molecule has 2 aliphatic heterocycles. The first kappa shape index (κ1) is 19.1. The fourth-order valence-corrected chi connectivity index (χ4v) is 3.24. The third kappa shape index (κ3) is 2.76. The van der Waals surface area contributed by atoms with Gasteiger partial charge < -0.3 is 4.98 Å². The number of H-pyrrole nitrogens is 1. The maximum Gasteiger partial charge on any atom is 0.190 e. The Morgan fingerprint density at radius 3 is 2.06 bits per heavy atom. The first-order chi connectivity index (χ1) is 14.8. The van der Waals surface area contributed by atoms with Crippen LogP contribution in [-0.4, -0.2) is 19.7 Å². The van der Waals surface area contributed by atoms with Crippen molar-refractivity contribution in [3.8, 4) is 0 Å². The average molecular weight is 436 g/mol. The van der Waals surface area contributed by atoms with Gasteiger partial charge in [0.1, 0.15) is 22.6 Å². The molecule has 0 aromatic carbocycles. The first-order valence-corrected chi connectivity index (χ1v) is 8.62. The van der Waals surface area contributed by atoms with Crippen molar-refractivity contribution < 1.29 is 30.8 Å². The monoisotopic (exact) mass is 436 g/mol. The van der Waals surface area contributed by atoms with Crippen LogP contribution in [0.1, 0.15) is 22.8 Å². The molecule has 4 nitrogen and oxygen atoms in total. The molecule has 31 heavy (non-hydrogen) atoms. The van der Waals surface area contributed by atoms with Crippen LogP contribution in [0.4, 0.5) is 30.8 Å². The SMILES string of the molecule is FC1=C(F)c2nc1c(F)c1nc(cc3ccc(cc4c(F)c(F)c(c2F)n4F)[nH]3)C=C1. The van der Waals surface area contributed by atoms with Gasteiger partial charge in [-0.15, -0.1) is 0 Å². The summed E-state index contributed by atoms with van der Waals surface area (Å²) < 4.78 is 101. The summed E-state index contributed by atoms with van der Waals surface area (Å²) in [6.07, 6.45) is 2.53. The molecule has 11 heteroatoms. The fourth-order valence-electron chi connectivity index (χ4n) is 3.24.